The Balaban J connectivity index is 1.73. The third kappa shape index (κ3) is 4.97. The van der Waals surface area contributed by atoms with Crippen LogP contribution < -0.4 is 4.74 Å². The van der Waals surface area contributed by atoms with E-state index in [0.29, 0.717) is 19.1 Å². The summed E-state index contributed by atoms with van der Waals surface area (Å²) in [7, 11) is 0. The summed E-state index contributed by atoms with van der Waals surface area (Å²) in [5.74, 6) is 1.25. The van der Waals surface area contributed by atoms with Crippen molar-refractivity contribution in [1.29, 1.82) is 0 Å². The van der Waals surface area contributed by atoms with Gasteiger partial charge in [-0.2, -0.15) is 0 Å². The van der Waals surface area contributed by atoms with Gasteiger partial charge in [0.05, 0.1) is 6.10 Å². The number of piperidine rings is 1. The minimum absolute atomic E-state index is 0.222. The van der Waals surface area contributed by atoms with Crippen molar-refractivity contribution in [3.8, 4) is 5.75 Å². The Hall–Kier alpha value is -1.10. The Kier molecular flexibility index (Phi) is 6.24. The molecule has 0 amide bonds. The normalized spacial score (nSPS) is 19.9. The van der Waals surface area contributed by atoms with Crippen molar-refractivity contribution in [2.45, 2.75) is 45.8 Å². The fourth-order valence-electron chi connectivity index (χ4n) is 3.12. The molecule has 2 N–H and O–H groups in total. The number of likely N-dealkylation sites (tertiary alicyclic amines) is 1. The van der Waals surface area contributed by atoms with Crippen LogP contribution in [0.5, 0.6) is 5.75 Å². The van der Waals surface area contributed by atoms with Gasteiger partial charge in [-0.3, -0.25) is 0 Å². The summed E-state index contributed by atoms with van der Waals surface area (Å²) in [5, 5.41) is 19.8. The molecule has 1 aromatic rings. The monoisotopic (exact) mass is 307 g/mol. The van der Waals surface area contributed by atoms with Crippen molar-refractivity contribution in [1.82, 2.24) is 4.90 Å². The van der Waals surface area contributed by atoms with Crippen LogP contribution in [0.15, 0.2) is 18.2 Å². The molecule has 0 radical (unpaired) electrons. The van der Waals surface area contributed by atoms with E-state index in [0.717, 1.165) is 37.2 Å². The maximum atomic E-state index is 10.2. The zero-order valence-corrected chi connectivity index (χ0v) is 14.0. The molecule has 124 valence electrons. The number of benzene rings is 1. The van der Waals surface area contributed by atoms with Crippen LogP contribution in [-0.4, -0.2) is 53.6 Å². The average Bonchev–Trinajstić information content (AvgIpc) is 2.47. The maximum absolute atomic E-state index is 10.2. The van der Waals surface area contributed by atoms with Crippen molar-refractivity contribution < 1.29 is 14.9 Å². The number of hydrogen-bond donors (Lipinski definition) is 2. The number of nitrogens with zero attached hydrogens (tertiary/aromatic N) is 1. The summed E-state index contributed by atoms with van der Waals surface area (Å²) in [6, 6.07) is 6.07. The van der Waals surface area contributed by atoms with Gasteiger partial charge in [0, 0.05) is 6.54 Å². The zero-order valence-electron chi connectivity index (χ0n) is 14.0. The molecule has 22 heavy (non-hydrogen) atoms. The predicted octanol–water partition coefficient (Wildman–Crippen LogP) is 2.14. The molecule has 2 atom stereocenters. The van der Waals surface area contributed by atoms with Crippen molar-refractivity contribution in [3.63, 3.8) is 0 Å². The minimum atomic E-state index is -0.483. The van der Waals surface area contributed by atoms with Crippen molar-refractivity contribution >= 4 is 0 Å². The lowest BCUT2D eigenvalue weighted by Gasteiger charge is -2.34. The second kappa shape index (κ2) is 7.95. The molecule has 0 spiro atoms. The fourth-order valence-corrected chi connectivity index (χ4v) is 3.12. The highest BCUT2D eigenvalue weighted by Gasteiger charge is 2.23. The van der Waals surface area contributed by atoms with Gasteiger partial charge in [-0.1, -0.05) is 17.7 Å². The molecule has 2 rings (SSSR count). The van der Waals surface area contributed by atoms with Gasteiger partial charge >= 0.3 is 0 Å². The van der Waals surface area contributed by atoms with Crippen molar-refractivity contribution in [3.05, 3.63) is 29.3 Å². The third-order valence-corrected chi connectivity index (χ3v) is 4.55. The smallest absolute Gasteiger partial charge is 0.122 e. The Morgan fingerprint density at radius 3 is 2.50 bits per heavy atom. The van der Waals surface area contributed by atoms with Crippen LogP contribution in [0.25, 0.3) is 0 Å². The topological polar surface area (TPSA) is 52.9 Å². The van der Waals surface area contributed by atoms with E-state index < -0.39 is 6.10 Å². The van der Waals surface area contributed by atoms with Crippen LogP contribution in [0.1, 0.15) is 30.9 Å². The number of aliphatic hydroxyl groups excluding tert-OH is 2. The summed E-state index contributed by atoms with van der Waals surface area (Å²) >= 11 is 0. The number of aryl methyl sites for hydroxylation is 2. The average molecular weight is 307 g/mol. The van der Waals surface area contributed by atoms with E-state index in [4.69, 9.17) is 4.74 Å². The second-order valence-electron chi connectivity index (χ2n) is 6.61. The molecule has 1 heterocycles. The van der Waals surface area contributed by atoms with Crippen molar-refractivity contribution in [2.24, 2.45) is 5.92 Å². The van der Waals surface area contributed by atoms with Gasteiger partial charge in [0.25, 0.3) is 0 Å². The van der Waals surface area contributed by atoms with Gasteiger partial charge in [0.2, 0.25) is 0 Å². The molecule has 0 aliphatic carbocycles. The number of ether oxygens (including phenoxy) is 1. The molecule has 1 aliphatic heterocycles. The molecule has 4 heteroatoms. The van der Waals surface area contributed by atoms with E-state index in [1.807, 2.05) is 26.0 Å². The van der Waals surface area contributed by atoms with Gasteiger partial charge < -0.3 is 19.8 Å². The third-order valence-electron chi connectivity index (χ3n) is 4.55. The number of aliphatic hydroxyl groups is 2. The van der Waals surface area contributed by atoms with Crippen LogP contribution in [0.2, 0.25) is 0 Å². The predicted molar refractivity (Wildman–Crippen MR) is 88.3 cm³/mol. The largest absolute Gasteiger partial charge is 0.491 e. The molecule has 2 unspecified atom stereocenters. The lowest BCUT2D eigenvalue weighted by molar-refractivity contribution is 0.0335. The second-order valence-corrected chi connectivity index (χ2v) is 6.61. The minimum Gasteiger partial charge on any atom is -0.491 e. The lowest BCUT2D eigenvalue weighted by Crippen LogP contribution is -2.42. The van der Waals surface area contributed by atoms with E-state index in [2.05, 4.69) is 17.9 Å². The first kappa shape index (κ1) is 17.3. The molecular weight excluding hydrogens is 278 g/mol. The number of rotatable bonds is 6. The summed E-state index contributed by atoms with van der Waals surface area (Å²) in [6.45, 7) is 8.79. The van der Waals surface area contributed by atoms with Gasteiger partial charge in [0.1, 0.15) is 18.5 Å². The highest BCUT2D eigenvalue weighted by Crippen LogP contribution is 2.21. The van der Waals surface area contributed by atoms with E-state index in [9.17, 15) is 10.2 Å². The SMILES string of the molecule is Cc1ccc(OCC(O)CN2CCC(C(C)O)CC2)c(C)c1. The summed E-state index contributed by atoms with van der Waals surface area (Å²) in [6.07, 6.45) is 1.30. The van der Waals surface area contributed by atoms with Gasteiger partial charge in [-0.25, -0.2) is 0 Å². The van der Waals surface area contributed by atoms with Crippen LogP contribution in [0.4, 0.5) is 0 Å². The van der Waals surface area contributed by atoms with Crippen LogP contribution in [-0.2, 0) is 0 Å². The van der Waals surface area contributed by atoms with Crippen LogP contribution in [0, 0.1) is 19.8 Å². The quantitative estimate of drug-likeness (QED) is 0.845. The summed E-state index contributed by atoms with van der Waals surface area (Å²) in [4.78, 5) is 2.26. The van der Waals surface area contributed by atoms with E-state index >= 15 is 0 Å². The molecular formula is C18H29NO3. The number of β-amino-alcohol motifs (C(OH)–C–C–N with tert-alkyl or cyclic N) is 1. The van der Waals surface area contributed by atoms with E-state index in [1.54, 1.807) is 0 Å². The zero-order chi connectivity index (χ0) is 16.1. The highest BCUT2D eigenvalue weighted by atomic mass is 16.5. The molecule has 0 bridgehead atoms. The van der Waals surface area contributed by atoms with Crippen LogP contribution >= 0.6 is 0 Å². The first-order chi connectivity index (χ1) is 10.5. The Labute approximate surface area is 133 Å². The molecule has 0 aromatic heterocycles. The molecule has 1 aromatic carbocycles. The Morgan fingerprint density at radius 1 is 1.23 bits per heavy atom. The fraction of sp³-hybridized carbons (Fsp3) is 0.667. The van der Waals surface area contributed by atoms with Crippen molar-refractivity contribution in [2.75, 3.05) is 26.2 Å². The maximum Gasteiger partial charge on any atom is 0.122 e. The van der Waals surface area contributed by atoms with E-state index in [1.165, 1.54) is 5.56 Å². The van der Waals surface area contributed by atoms with Gasteiger partial charge in [-0.15, -0.1) is 0 Å². The molecule has 1 saturated heterocycles. The van der Waals surface area contributed by atoms with Gasteiger partial charge in [0.15, 0.2) is 0 Å². The van der Waals surface area contributed by atoms with E-state index in [-0.39, 0.29) is 6.10 Å². The summed E-state index contributed by atoms with van der Waals surface area (Å²) in [5.41, 5.74) is 2.32. The molecule has 1 aliphatic rings. The standard InChI is InChI=1S/C18H29NO3/c1-13-4-5-18(14(2)10-13)22-12-17(21)11-19-8-6-16(7-9-19)15(3)20/h4-5,10,15-17,20-21H,6-9,11-12H2,1-3H3. The number of hydrogen-bond acceptors (Lipinski definition) is 4. The van der Waals surface area contributed by atoms with Crippen LogP contribution in [0.3, 0.4) is 0 Å². The Morgan fingerprint density at radius 2 is 1.91 bits per heavy atom. The Bertz CT molecular complexity index is 467. The first-order valence-electron chi connectivity index (χ1n) is 8.24. The first-order valence-corrected chi connectivity index (χ1v) is 8.24. The molecule has 1 fully saturated rings. The lowest BCUT2D eigenvalue weighted by atomic mass is 9.92. The van der Waals surface area contributed by atoms with Gasteiger partial charge in [-0.05, 0) is 64.3 Å². The summed E-state index contributed by atoms with van der Waals surface area (Å²) < 4.78 is 5.74. The highest BCUT2D eigenvalue weighted by molar-refractivity contribution is 5.35. The molecule has 4 nitrogen and oxygen atoms in total. The molecule has 0 saturated carbocycles.